The van der Waals surface area contributed by atoms with E-state index >= 15 is 0 Å². The summed E-state index contributed by atoms with van der Waals surface area (Å²) >= 11 is 0. The standard InChI is InChI=1S/C57H98O6/c1-4-7-10-13-16-19-22-24-26-27-28-29-31-32-35-38-41-44-47-50-56(59)62-53-54(52-61-55(58)49-46-43-40-37-34-21-18-15-12-9-6-3)63-57(60)51-48-45-42-39-36-33-30-25-23-20-17-14-11-8-5-2/h7,10,15-16,18-19,24,26,28-29,32,35,54H,4-6,8-9,11-14,17,20-23,25,27,30-31,33-34,36-53H2,1-3H3/b10-7-,18-15-,19-16-,26-24-,29-28-,35-32-. The third-order valence-electron chi connectivity index (χ3n) is 11.2. The molecule has 0 saturated heterocycles. The quantitative estimate of drug-likeness (QED) is 0.0262. The van der Waals surface area contributed by atoms with Gasteiger partial charge in [0.1, 0.15) is 13.2 Å². The number of rotatable bonds is 47. The highest BCUT2D eigenvalue weighted by Gasteiger charge is 2.19. The van der Waals surface area contributed by atoms with Crippen LogP contribution in [0.4, 0.5) is 0 Å². The van der Waals surface area contributed by atoms with Crippen molar-refractivity contribution >= 4 is 17.9 Å². The van der Waals surface area contributed by atoms with Crippen LogP contribution in [0.1, 0.15) is 252 Å². The van der Waals surface area contributed by atoms with Crippen molar-refractivity contribution in [1.29, 1.82) is 0 Å². The highest BCUT2D eigenvalue weighted by molar-refractivity contribution is 5.71. The molecule has 0 aromatic rings. The molecule has 0 rings (SSSR count). The second-order valence-electron chi connectivity index (χ2n) is 17.4. The van der Waals surface area contributed by atoms with Crippen molar-refractivity contribution in [3.8, 4) is 0 Å². The minimum Gasteiger partial charge on any atom is -0.462 e. The van der Waals surface area contributed by atoms with E-state index in [1.807, 2.05) is 0 Å². The van der Waals surface area contributed by atoms with Gasteiger partial charge in [0.15, 0.2) is 6.10 Å². The monoisotopic (exact) mass is 879 g/mol. The van der Waals surface area contributed by atoms with E-state index in [-0.39, 0.29) is 31.1 Å². The Bertz CT molecular complexity index is 1190. The topological polar surface area (TPSA) is 78.9 Å². The molecule has 6 nitrogen and oxygen atoms in total. The van der Waals surface area contributed by atoms with Crippen LogP contribution in [0.2, 0.25) is 0 Å². The Labute approximate surface area is 389 Å². The minimum absolute atomic E-state index is 0.0890. The third kappa shape index (κ3) is 49.7. The highest BCUT2D eigenvalue weighted by atomic mass is 16.6. The molecular formula is C57H98O6. The molecule has 0 aromatic heterocycles. The van der Waals surface area contributed by atoms with Crippen molar-refractivity contribution in [2.24, 2.45) is 0 Å². The first-order valence-corrected chi connectivity index (χ1v) is 26.4. The molecule has 0 aliphatic carbocycles. The third-order valence-corrected chi connectivity index (χ3v) is 11.2. The predicted octanol–water partition coefficient (Wildman–Crippen LogP) is 17.4. The number of hydrogen-bond donors (Lipinski definition) is 0. The summed E-state index contributed by atoms with van der Waals surface area (Å²) in [6.45, 7) is 6.46. The molecule has 63 heavy (non-hydrogen) atoms. The number of ether oxygens (including phenoxy) is 3. The smallest absolute Gasteiger partial charge is 0.306 e. The van der Waals surface area contributed by atoms with E-state index in [0.29, 0.717) is 19.3 Å². The summed E-state index contributed by atoms with van der Waals surface area (Å²) in [5.74, 6) is -0.927. The summed E-state index contributed by atoms with van der Waals surface area (Å²) in [4.78, 5) is 38.0. The molecule has 0 aliphatic rings. The molecule has 0 N–H and O–H groups in total. The Balaban J connectivity index is 4.41. The van der Waals surface area contributed by atoms with Gasteiger partial charge in [0.25, 0.3) is 0 Å². The second kappa shape index (κ2) is 51.5. The van der Waals surface area contributed by atoms with E-state index in [0.717, 1.165) is 103 Å². The van der Waals surface area contributed by atoms with Crippen LogP contribution in [-0.4, -0.2) is 37.2 Å². The maximum atomic E-state index is 12.8. The summed E-state index contributed by atoms with van der Waals surface area (Å²) in [5, 5.41) is 0. The van der Waals surface area contributed by atoms with Crippen molar-refractivity contribution in [2.45, 2.75) is 258 Å². The van der Waals surface area contributed by atoms with Crippen LogP contribution in [0.3, 0.4) is 0 Å². The second-order valence-corrected chi connectivity index (χ2v) is 17.4. The first kappa shape index (κ1) is 59.9. The maximum absolute atomic E-state index is 12.8. The molecule has 0 fully saturated rings. The summed E-state index contributed by atoms with van der Waals surface area (Å²) < 4.78 is 16.8. The van der Waals surface area contributed by atoms with Gasteiger partial charge in [0.05, 0.1) is 0 Å². The average Bonchev–Trinajstić information content (AvgIpc) is 3.28. The molecule has 362 valence electrons. The summed E-state index contributed by atoms with van der Waals surface area (Å²) in [6.07, 6.45) is 64.6. The SMILES string of the molecule is CC/C=C\C/C=C\C/C=C\C/C=C\C/C=C\CCCCCC(=O)OCC(COC(=O)CCCCCCC/C=C\CCCC)OC(=O)CCCCCCCCCCCCCCCCC. The molecule has 0 aliphatic heterocycles. The van der Waals surface area contributed by atoms with Gasteiger partial charge in [-0.2, -0.15) is 0 Å². The van der Waals surface area contributed by atoms with Crippen LogP contribution in [0.15, 0.2) is 72.9 Å². The molecule has 1 atom stereocenters. The molecule has 0 aromatic carbocycles. The Morgan fingerprint density at radius 2 is 0.635 bits per heavy atom. The van der Waals surface area contributed by atoms with Crippen molar-refractivity contribution in [1.82, 2.24) is 0 Å². The van der Waals surface area contributed by atoms with Crippen LogP contribution in [-0.2, 0) is 28.6 Å². The van der Waals surface area contributed by atoms with Gasteiger partial charge in [0.2, 0.25) is 0 Å². The van der Waals surface area contributed by atoms with E-state index < -0.39 is 6.10 Å². The van der Waals surface area contributed by atoms with E-state index in [1.165, 1.54) is 109 Å². The zero-order valence-electron chi connectivity index (χ0n) is 41.3. The molecular weight excluding hydrogens is 781 g/mol. The van der Waals surface area contributed by atoms with Crippen molar-refractivity contribution in [2.75, 3.05) is 13.2 Å². The lowest BCUT2D eigenvalue weighted by Crippen LogP contribution is -2.30. The number of carbonyl (C=O) groups excluding carboxylic acids is 3. The van der Waals surface area contributed by atoms with Crippen molar-refractivity contribution in [3.63, 3.8) is 0 Å². The number of hydrogen-bond acceptors (Lipinski definition) is 6. The van der Waals surface area contributed by atoms with Gasteiger partial charge >= 0.3 is 17.9 Å². The maximum Gasteiger partial charge on any atom is 0.306 e. The fraction of sp³-hybridized carbons (Fsp3) is 0.737. The van der Waals surface area contributed by atoms with E-state index in [1.54, 1.807) is 0 Å². The fourth-order valence-electron chi connectivity index (χ4n) is 7.21. The van der Waals surface area contributed by atoms with Gasteiger partial charge in [-0.3, -0.25) is 14.4 Å². The lowest BCUT2D eigenvalue weighted by atomic mass is 10.0. The zero-order chi connectivity index (χ0) is 45.8. The highest BCUT2D eigenvalue weighted by Crippen LogP contribution is 2.15. The van der Waals surface area contributed by atoms with Crippen molar-refractivity contribution < 1.29 is 28.6 Å². The molecule has 0 saturated carbocycles. The van der Waals surface area contributed by atoms with Crippen molar-refractivity contribution in [3.05, 3.63) is 72.9 Å². The summed E-state index contributed by atoms with van der Waals surface area (Å²) in [7, 11) is 0. The molecule has 0 bridgehead atoms. The zero-order valence-corrected chi connectivity index (χ0v) is 41.3. The normalized spacial score (nSPS) is 12.6. The van der Waals surface area contributed by atoms with Crippen LogP contribution >= 0.6 is 0 Å². The van der Waals surface area contributed by atoms with E-state index in [9.17, 15) is 14.4 Å². The van der Waals surface area contributed by atoms with Gasteiger partial charge < -0.3 is 14.2 Å². The predicted molar refractivity (Wildman–Crippen MR) is 270 cm³/mol. The number of unbranched alkanes of at least 4 members (excludes halogenated alkanes) is 24. The van der Waals surface area contributed by atoms with Gasteiger partial charge in [-0.15, -0.1) is 0 Å². The van der Waals surface area contributed by atoms with Crippen LogP contribution in [0, 0.1) is 0 Å². The number of carbonyl (C=O) groups is 3. The van der Waals surface area contributed by atoms with Gasteiger partial charge in [-0.1, -0.05) is 222 Å². The first-order chi connectivity index (χ1) is 31.0. The lowest BCUT2D eigenvalue weighted by Gasteiger charge is -2.18. The molecule has 0 spiro atoms. The molecule has 6 heteroatoms. The average molecular weight is 879 g/mol. The summed E-state index contributed by atoms with van der Waals surface area (Å²) in [6, 6.07) is 0. The molecule has 1 unspecified atom stereocenters. The van der Waals surface area contributed by atoms with Gasteiger partial charge in [-0.05, 0) is 83.5 Å². The van der Waals surface area contributed by atoms with E-state index in [4.69, 9.17) is 14.2 Å². The first-order valence-electron chi connectivity index (χ1n) is 26.4. The number of esters is 3. The van der Waals surface area contributed by atoms with Gasteiger partial charge in [-0.25, -0.2) is 0 Å². The van der Waals surface area contributed by atoms with Crippen LogP contribution < -0.4 is 0 Å². The van der Waals surface area contributed by atoms with Crippen LogP contribution in [0.25, 0.3) is 0 Å². The molecule has 0 radical (unpaired) electrons. The lowest BCUT2D eigenvalue weighted by molar-refractivity contribution is -0.167. The van der Waals surface area contributed by atoms with Gasteiger partial charge in [0, 0.05) is 19.3 Å². The fourth-order valence-corrected chi connectivity index (χ4v) is 7.21. The van der Waals surface area contributed by atoms with E-state index in [2.05, 4.69) is 93.7 Å². The Morgan fingerprint density at radius 3 is 1.05 bits per heavy atom. The molecule has 0 heterocycles. The number of allylic oxidation sites excluding steroid dienone is 12. The minimum atomic E-state index is -0.789. The Kier molecular flexibility index (Phi) is 48.9. The summed E-state index contributed by atoms with van der Waals surface area (Å²) in [5.41, 5.74) is 0. The largest absolute Gasteiger partial charge is 0.462 e. The van der Waals surface area contributed by atoms with Crippen LogP contribution in [0.5, 0.6) is 0 Å². The Hall–Kier alpha value is -3.15. The Morgan fingerprint density at radius 1 is 0.333 bits per heavy atom. The molecule has 0 amide bonds.